The summed E-state index contributed by atoms with van der Waals surface area (Å²) in [6.07, 6.45) is 5.31. The van der Waals surface area contributed by atoms with E-state index in [4.69, 9.17) is 0 Å². The monoisotopic (exact) mass is 270 g/mol. The normalized spacial score (nSPS) is 42.3. The molecule has 106 valence electrons. The molecule has 2 aliphatic rings. The molecule has 0 saturated carbocycles. The summed E-state index contributed by atoms with van der Waals surface area (Å²) in [5.74, 6) is 1.37. The van der Waals surface area contributed by atoms with E-state index >= 15 is 0 Å². The van der Waals surface area contributed by atoms with E-state index in [2.05, 4.69) is 49.7 Å². The van der Waals surface area contributed by atoms with Crippen molar-refractivity contribution in [3.63, 3.8) is 0 Å². The molecule has 3 atom stereocenters. The second kappa shape index (κ2) is 5.72. The molecule has 1 N–H and O–H groups in total. The van der Waals surface area contributed by atoms with Crippen LogP contribution in [0.3, 0.4) is 0 Å². The van der Waals surface area contributed by atoms with Gasteiger partial charge in [-0.25, -0.2) is 0 Å². The highest BCUT2D eigenvalue weighted by Gasteiger charge is 2.38. The molecule has 0 aromatic carbocycles. The minimum atomic E-state index is 0.325. The van der Waals surface area contributed by atoms with Crippen LogP contribution in [0.2, 0.25) is 0 Å². The van der Waals surface area contributed by atoms with Gasteiger partial charge in [-0.1, -0.05) is 13.8 Å². The Kier molecular flexibility index (Phi) is 4.66. The predicted molar refractivity (Wildman–Crippen MR) is 82.4 cm³/mol. The summed E-state index contributed by atoms with van der Waals surface area (Å²) < 4.78 is 0.513. The summed E-state index contributed by atoms with van der Waals surface area (Å²) in [4.78, 5) is 2.78. The Morgan fingerprint density at radius 3 is 2.67 bits per heavy atom. The Bertz CT molecular complexity index is 276. The van der Waals surface area contributed by atoms with Gasteiger partial charge in [0.25, 0.3) is 0 Å². The third-order valence-electron chi connectivity index (χ3n) is 4.92. The molecule has 3 unspecified atom stereocenters. The van der Waals surface area contributed by atoms with Gasteiger partial charge in [0.1, 0.15) is 0 Å². The molecule has 2 rings (SSSR count). The van der Waals surface area contributed by atoms with E-state index in [0.717, 1.165) is 6.04 Å². The van der Waals surface area contributed by atoms with Crippen LogP contribution < -0.4 is 5.32 Å². The number of rotatable bonds is 4. The fourth-order valence-corrected chi connectivity index (χ4v) is 4.67. The third-order valence-corrected chi connectivity index (χ3v) is 6.45. The standard InChI is InChI=1S/C15H30N2S/c1-5-13-10-16-14(3,6-2)11-17(13)12-15(4)8-7-9-18-15/h13,16H,5-12H2,1-4H3. The number of nitrogens with zero attached hydrogens (tertiary/aromatic N) is 1. The largest absolute Gasteiger partial charge is 0.309 e. The average Bonchev–Trinajstić information content (AvgIpc) is 2.76. The van der Waals surface area contributed by atoms with Gasteiger partial charge in [0, 0.05) is 36.0 Å². The van der Waals surface area contributed by atoms with Crippen LogP contribution in [0.1, 0.15) is 53.4 Å². The number of hydrogen-bond acceptors (Lipinski definition) is 3. The number of nitrogens with one attached hydrogen (secondary N) is 1. The van der Waals surface area contributed by atoms with Gasteiger partial charge in [-0.05, 0) is 45.3 Å². The zero-order valence-corrected chi connectivity index (χ0v) is 13.4. The fraction of sp³-hybridized carbons (Fsp3) is 1.00. The summed E-state index contributed by atoms with van der Waals surface area (Å²) in [6.45, 7) is 13.2. The quantitative estimate of drug-likeness (QED) is 0.845. The maximum atomic E-state index is 3.77. The van der Waals surface area contributed by atoms with E-state index in [0.29, 0.717) is 10.3 Å². The van der Waals surface area contributed by atoms with E-state index in [9.17, 15) is 0 Å². The van der Waals surface area contributed by atoms with Crippen molar-refractivity contribution in [2.24, 2.45) is 0 Å². The molecule has 0 radical (unpaired) electrons. The van der Waals surface area contributed by atoms with E-state index in [1.54, 1.807) is 0 Å². The first kappa shape index (κ1) is 14.7. The minimum absolute atomic E-state index is 0.325. The van der Waals surface area contributed by atoms with Crippen molar-refractivity contribution in [1.82, 2.24) is 10.2 Å². The molecule has 0 spiro atoms. The van der Waals surface area contributed by atoms with Gasteiger partial charge in [0.05, 0.1) is 0 Å². The van der Waals surface area contributed by atoms with Crippen molar-refractivity contribution < 1.29 is 0 Å². The van der Waals surface area contributed by atoms with E-state index in [1.807, 2.05) is 0 Å². The number of thioether (sulfide) groups is 1. The smallest absolute Gasteiger partial charge is 0.0278 e. The van der Waals surface area contributed by atoms with Crippen LogP contribution >= 0.6 is 11.8 Å². The Labute approximate surface area is 117 Å². The van der Waals surface area contributed by atoms with Crippen LogP contribution in [-0.2, 0) is 0 Å². The lowest BCUT2D eigenvalue weighted by Gasteiger charge is -2.48. The molecule has 2 fully saturated rings. The lowest BCUT2D eigenvalue weighted by molar-refractivity contribution is 0.0741. The van der Waals surface area contributed by atoms with Gasteiger partial charge < -0.3 is 5.32 Å². The van der Waals surface area contributed by atoms with Crippen LogP contribution in [0.25, 0.3) is 0 Å². The Morgan fingerprint density at radius 1 is 1.33 bits per heavy atom. The maximum absolute atomic E-state index is 3.77. The lowest BCUT2D eigenvalue weighted by Crippen LogP contribution is -2.64. The van der Waals surface area contributed by atoms with Gasteiger partial charge in [0.15, 0.2) is 0 Å². The van der Waals surface area contributed by atoms with Gasteiger partial charge in [-0.2, -0.15) is 11.8 Å². The molecule has 2 saturated heterocycles. The first-order valence-corrected chi connectivity index (χ1v) is 8.62. The Balaban J connectivity index is 2.02. The molecule has 2 aliphatic heterocycles. The highest BCUT2D eigenvalue weighted by Crippen LogP contribution is 2.39. The Hall–Kier alpha value is 0.270. The van der Waals surface area contributed by atoms with E-state index in [-0.39, 0.29) is 0 Å². The molecule has 2 heterocycles. The zero-order chi connectivity index (χ0) is 13.2. The highest BCUT2D eigenvalue weighted by molar-refractivity contribution is 8.00. The lowest BCUT2D eigenvalue weighted by atomic mass is 9.91. The Morgan fingerprint density at radius 2 is 2.11 bits per heavy atom. The summed E-state index contributed by atoms with van der Waals surface area (Å²) in [5.41, 5.74) is 0.325. The predicted octanol–water partition coefficient (Wildman–Crippen LogP) is 3.12. The number of hydrogen-bond donors (Lipinski definition) is 1. The minimum Gasteiger partial charge on any atom is -0.309 e. The van der Waals surface area contributed by atoms with Gasteiger partial charge in [0.2, 0.25) is 0 Å². The molecule has 0 aromatic rings. The SMILES string of the molecule is CCC1CNC(C)(CC)CN1CC1(C)CCCS1. The molecule has 0 amide bonds. The van der Waals surface area contributed by atoms with Crippen molar-refractivity contribution in [2.45, 2.75) is 69.7 Å². The second-order valence-corrected chi connectivity index (χ2v) is 8.35. The van der Waals surface area contributed by atoms with Crippen LogP contribution in [0.15, 0.2) is 0 Å². The van der Waals surface area contributed by atoms with Crippen LogP contribution in [-0.4, -0.2) is 46.6 Å². The molecule has 3 heteroatoms. The van der Waals surface area contributed by atoms with Gasteiger partial charge >= 0.3 is 0 Å². The molecular formula is C15H30N2S. The zero-order valence-electron chi connectivity index (χ0n) is 12.6. The molecule has 0 bridgehead atoms. The van der Waals surface area contributed by atoms with E-state index in [1.165, 1.54) is 51.1 Å². The van der Waals surface area contributed by atoms with Gasteiger partial charge in [-0.15, -0.1) is 0 Å². The summed E-state index contributed by atoms with van der Waals surface area (Å²) in [5, 5.41) is 3.77. The van der Waals surface area contributed by atoms with Crippen LogP contribution in [0.4, 0.5) is 0 Å². The van der Waals surface area contributed by atoms with E-state index < -0.39 is 0 Å². The van der Waals surface area contributed by atoms with Gasteiger partial charge in [-0.3, -0.25) is 4.90 Å². The maximum Gasteiger partial charge on any atom is 0.0278 e. The molecular weight excluding hydrogens is 240 g/mol. The average molecular weight is 270 g/mol. The van der Waals surface area contributed by atoms with Crippen molar-refractivity contribution in [2.75, 3.05) is 25.4 Å². The van der Waals surface area contributed by atoms with Crippen LogP contribution in [0, 0.1) is 0 Å². The fourth-order valence-electron chi connectivity index (χ4n) is 3.34. The summed E-state index contributed by atoms with van der Waals surface area (Å²) >= 11 is 2.20. The summed E-state index contributed by atoms with van der Waals surface area (Å²) in [6, 6.07) is 0.739. The summed E-state index contributed by atoms with van der Waals surface area (Å²) in [7, 11) is 0. The van der Waals surface area contributed by atoms with Crippen LogP contribution in [0.5, 0.6) is 0 Å². The first-order chi connectivity index (χ1) is 8.50. The third kappa shape index (κ3) is 3.23. The highest BCUT2D eigenvalue weighted by atomic mass is 32.2. The van der Waals surface area contributed by atoms with Crippen molar-refractivity contribution in [1.29, 1.82) is 0 Å². The molecule has 18 heavy (non-hydrogen) atoms. The molecule has 2 nitrogen and oxygen atoms in total. The molecule has 0 aromatic heterocycles. The number of piperazine rings is 1. The van der Waals surface area contributed by atoms with Crippen molar-refractivity contribution in [3.8, 4) is 0 Å². The second-order valence-electron chi connectivity index (χ2n) is 6.66. The first-order valence-electron chi connectivity index (χ1n) is 7.63. The van der Waals surface area contributed by atoms with Crippen molar-refractivity contribution >= 4 is 11.8 Å². The molecule has 0 aliphatic carbocycles. The van der Waals surface area contributed by atoms with Crippen molar-refractivity contribution in [3.05, 3.63) is 0 Å². The topological polar surface area (TPSA) is 15.3 Å².